The number of carbonyl (C=O) groups is 2. The van der Waals surface area contributed by atoms with Crippen LogP contribution < -0.4 is 4.90 Å². The van der Waals surface area contributed by atoms with Crippen LogP contribution in [-0.4, -0.2) is 41.0 Å². The van der Waals surface area contributed by atoms with Crippen molar-refractivity contribution in [1.29, 1.82) is 0 Å². The highest BCUT2D eigenvalue weighted by molar-refractivity contribution is 6.20. The molecule has 0 saturated heterocycles. The van der Waals surface area contributed by atoms with E-state index in [1.54, 1.807) is 23.9 Å². The zero-order chi connectivity index (χ0) is 32.3. The van der Waals surface area contributed by atoms with Gasteiger partial charge in [-0.2, -0.15) is 0 Å². The molecule has 40 heavy (non-hydrogen) atoms. The van der Waals surface area contributed by atoms with Crippen molar-refractivity contribution in [1.82, 2.24) is 4.90 Å². The van der Waals surface area contributed by atoms with Crippen LogP contribution in [0.25, 0.3) is 5.57 Å². The molecule has 2 heterocycles. The Morgan fingerprint density at radius 2 is 1.07 bits per heavy atom. The second-order valence-electron chi connectivity index (χ2n) is 6.69. The quantitative estimate of drug-likeness (QED) is 0.249. The summed E-state index contributed by atoms with van der Waals surface area (Å²) in [6.07, 6.45) is 2.29. The number of anilines is 1. The Kier molecular flexibility index (Phi) is 31.0. The molecule has 2 N–H and O–H groups in total. The van der Waals surface area contributed by atoms with Crippen LogP contribution in [0.1, 0.15) is 99.8 Å². The van der Waals surface area contributed by atoms with Gasteiger partial charge < -0.3 is 20.0 Å². The summed E-state index contributed by atoms with van der Waals surface area (Å²) < 4.78 is 0. The molecule has 0 atom stereocenters. The van der Waals surface area contributed by atoms with Crippen molar-refractivity contribution in [3.8, 4) is 0 Å². The van der Waals surface area contributed by atoms with Gasteiger partial charge in [-0.15, -0.1) is 0 Å². The molecule has 2 aliphatic rings. The predicted octanol–water partition coefficient (Wildman–Crippen LogP) is 9.36. The highest BCUT2D eigenvalue weighted by atomic mass is 16.2. The van der Waals surface area contributed by atoms with E-state index in [1.165, 1.54) is 0 Å². The van der Waals surface area contributed by atoms with Crippen LogP contribution in [0.2, 0.25) is 0 Å². The van der Waals surface area contributed by atoms with Gasteiger partial charge in [-0.3, -0.25) is 9.59 Å². The predicted molar refractivity (Wildman–Crippen MR) is 176 cm³/mol. The lowest BCUT2D eigenvalue weighted by Gasteiger charge is -2.26. The molecule has 0 aromatic heterocycles. The maximum Gasteiger partial charge on any atom is 0.257 e. The molecule has 2 amide bonds. The Bertz CT molecular complexity index is 979. The third-order valence-electron chi connectivity index (χ3n) is 4.89. The van der Waals surface area contributed by atoms with Crippen molar-refractivity contribution in [3.63, 3.8) is 0 Å². The molecule has 0 fully saturated rings. The molecule has 0 radical (unpaired) electrons. The van der Waals surface area contributed by atoms with Crippen LogP contribution in [-0.2, 0) is 22.6 Å². The molecule has 0 aliphatic carbocycles. The monoisotopic (exact) mass is 558 g/mol. The topological polar surface area (TPSA) is 81.1 Å². The Morgan fingerprint density at radius 1 is 0.625 bits per heavy atom. The summed E-state index contributed by atoms with van der Waals surface area (Å²) in [5, 5.41) is 17.9. The van der Waals surface area contributed by atoms with Gasteiger partial charge >= 0.3 is 0 Å². The van der Waals surface area contributed by atoms with Crippen molar-refractivity contribution in [2.24, 2.45) is 0 Å². The number of likely N-dealkylation sites (N-methyl/N-ethyl adjacent to an activating group) is 2. The number of hydrogen-bond donors (Lipinski definition) is 2. The highest BCUT2D eigenvalue weighted by Gasteiger charge is 2.25. The maximum absolute atomic E-state index is 11.6. The van der Waals surface area contributed by atoms with Gasteiger partial charge in [0.05, 0.1) is 23.7 Å². The lowest BCUT2D eigenvalue weighted by atomic mass is 9.95. The molecule has 228 valence electrons. The Labute approximate surface area is 246 Å². The van der Waals surface area contributed by atoms with E-state index in [4.69, 9.17) is 10.2 Å². The van der Waals surface area contributed by atoms with Crippen LogP contribution in [0, 0.1) is 0 Å². The summed E-state index contributed by atoms with van der Waals surface area (Å²) in [4.78, 5) is 26.4. The molecule has 6 heteroatoms. The molecular weight excluding hydrogens is 500 g/mol. The van der Waals surface area contributed by atoms with E-state index >= 15 is 0 Å². The van der Waals surface area contributed by atoms with Crippen molar-refractivity contribution in [2.45, 2.75) is 96.1 Å². The summed E-state index contributed by atoms with van der Waals surface area (Å²) >= 11 is 0. The van der Waals surface area contributed by atoms with E-state index in [9.17, 15) is 9.59 Å². The van der Waals surface area contributed by atoms with Gasteiger partial charge in [-0.05, 0) is 22.8 Å². The van der Waals surface area contributed by atoms with Gasteiger partial charge in [0.1, 0.15) is 0 Å². The van der Waals surface area contributed by atoms with Crippen LogP contribution in [0.4, 0.5) is 5.69 Å². The van der Waals surface area contributed by atoms with Crippen molar-refractivity contribution < 1.29 is 19.8 Å². The lowest BCUT2D eigenvalue weighted by Crippen LogP contribution is -2.33. The largest absolute Gasteiger partial charge is 0.515 e. The van der Waals surface area contributed by atoms with Gasteiger partial charge in [0.25, 0.3) is 11.8 Å². The fourth-order valence-electron chi connectivity index (χ4n) is 3.39. The fourth-order valence-corrected chi connectivity index (χ4v) is 3.39. The Hall–Kier alpha value is -3.54. The first-order valence-electron chi connectivity index (χ1n) is 14.8. The highest BCUT2D eigenvalue weighted by Crippen LogP contribution is 2.28. The first kappa shape index (κ1) is 43.5. The molecule has 0 unspecified atom stereocenters. The molecule has 6 nitrogen and oxygen atoms in total. The number of para-hydroxylation sites is 1. The minimum atomic E-state index is -0.133. The third-order valence-corrected chi connectivity index (χ3v) is 4.89. The van der Waals surface area contributed by atoms with E-state index in [0.29, 0.717) is 24.1 Å². The number of fused-ring (bicyclic) bond motifs is 2. The molecule has 0 saturated carbocycles. The van der Waals surface area contributed by atoms with E-state index < -0.39 is 0 Å². The van der Waals surface area contributed by atoms with Gasteiger partial charge in [0.15, 0.2) is 0 Å². The minimum absolute atomic E-state index is 0.133. The van der Waals surface area contributed by atoms with E-state index in [-0.39, 0.29) is 11.8 Å². The summed E-state index contributed by atoms with van der Waals surface area (Å²) in [5.41, 5.74) is 4.69. The Balaban J connectivity index is -0.000000236. The SMILES string of the molecule is CC.CC.CC.CC.CC.CC.CN1C(=O)/C(=C\O)Cc2ccccc21.CN1Cc2ccccc2/C(=C/O)C1=O. The molecule has 4 rings (SSSR count). The van der Waals surface area contributed by atoms with Crippen molar-refractivity contribution in [3.05, 3.63) is 83.3 Å². The van der Waals surface area contributed by atoms with Crippen molar-refractivity contribution in [2.75, 3.05) is 19.0 Å². The fraction of sp³-hybridized carbons (Fsp3) is 0.471. The molecule has 0 spiro atoms. The van der Waals surface area contributed by atoms with E-state index in [1.807, 2.05) is 132 Å². The number of hydrogen-bond acceptors (Lipinski definition) is 4. The number of aliphatic hydroxyl groups is 2. The lowest BCUT2D eigenvalue weighted by molar-refractivity contribution is -0.124. The first-order chi connectivity index (χ1) is 19.5. The van der Waals surface area contributed by atoms with Crippen molar-refractivity contribution >= 4 is 23.1 Å². The molecule has 2 aliphatic heterocycles. The average Bonchev–Trinajstić information content (AvgIpc) is 3.06. The van der Waals surface area contributed by atoms with E-state index in [2.05, 4.69) is 0 Å². The maximum atomic E-state index is 11.6. The average molecular weight is 559 g/mol. The van der Waals surface area contributed by atoms with Gasteiger partial charge in [-0.1, -0.05) is 126 Å². The summed E-state index contributed by atoms with van der Waals surface area (Å²) in [7, 11) is 3.44. The Morgan fingerprint density at radius 3 is 1.55 bits per heavy atom. The summed E-state index contributed by atoms with van der Waals surface area (Å²) in [6, 6.07) is 15.3. The van der Waals surface area contributed by atoms with Gasteiger partial charge in [0.2, 0.25) is 0 Å². The van der Waals surface area contributed by atoms with Crippen LogP contribution in [0.5, 0.6) is 0 Å². The number of benzene rings is 2. The second-order valence-corrected chi connectivity index (χ2v) is 6.69. The molecular formula is C34H58N2O4. The first-order valence-corrected chi connectivity index (χ1v) is 14.8. The second kappa shape index (κ2) is 28.5. The number of amides is 2. The summed E-state index contributed by atoms with van der Waals surface area (Å²) in [6.45, 7) is 24.6. The zero-order valence-corrected chi connectivity index (χ0v) is 27.8. The van der Waals surface area contributed by atoms with Crippen LogP contribution in [0.15, 0.2) is 66.6 Å². The normalized spacial score (nSPS) is 13.8. The van der Waals surface area contributed by atoms with Gasteiger partial charge in [-0.25, -0.2) is 0 Å². The minimum Gasteiger partial charge on any atom is -0.515 e. The number of rotatable bonds is 0. The molecule has 0 bridgehead atoms. The molecule has 2 aromatic rings. The number of nitrogens with zero attached hydrogens (tertiary/aromatic N) is 2. The van der Waals surface area contributed by atoms with E-state index in [0.717, 1.165) is 34.9 Å². The standard InChI is InChI=1S/2C11H11NO2.6C2H6/c1-12-10-5-3-2-4-8(10)6-9(7-13)11(12)14;1-12-6-8-4-2-3-5-9(8)10(7-13)11(12)14;6*1-2/h2*2-5,7,13H,6H2,1H3;6*1-2H3/b9-7-;10-7-;;;;;;. The van der Waals surface area contributed by atoms with Crippen LogP contribution >= 0.6 is 0 Å². The molecule has 2 aromatic carbocycles. The third kappa shape index (κ3) is 13.0. The number of carbonyl (C=O) groups excluding carboxylic acids is 2. The van der Waals surface area contributed by atoms with Gasteiger partial charge in [0, 0.05) is 32.7 Å². The summed E-state index contributed by atoms with van der Waals surface area (Å²) in [5.74, 6) is -0.266. The van der Waals surface area contributed by atoms with Crippen LogP contribution in [0.3, 0.4) is 0 Å². The number of aliphatic hydroxyl groups excluding tert-OH is 2. The zero-order valence-electron chi connectivity index (χ0n) is 27.8. The smallest absolute Gasteiger partial charge is 0.257 e.